The van der Waals surface area contributed by atoms with Gasteiger partial charge in [0.1, 0.15) is 11.0 Å². The lowest BCUT2D eigenvalue weighted by molar-refractivity contribution is 0.292. The first-order valence-corrected chi connectivity index (χ1v) is 12.6. The van der Waals surface area contributed by atoms with Gasteiger partial charge in [0.2, 0.25) is 5.95 Å². The summed E-state index contributed by atoms with van der Waals surface area (Å²) in [5, 5.41) is 7.61. The molecule has 0 radical (unpaired) electrons. The molecule has 2 atom stereocenters. The maximum Gasteiger partial charge on any atom is 0.232 e. The van der Waals surface area contributed by atoms with E-state index in [-0.39, 0.29) is 5.41 Å². The van der Waals surface area contributed by atoms with Crippen molar-refractivity contribution in [2.24, 2.45) is 11.8 Å². The van der Waals surface area contributed by atoms with E-state index in [1.54, 1.807) is 0 Å². The van der Waals surface area contributed by atoms with Crippen molar-refractivity contribution in [3.8, 4) is 0 Å². The molecule has 32 heavy (non-hydrogen) atoms. The smallest absolute Gasteiger partial charge is 0.232 e. The van der Waals surface area contributed by atoms with Crippen LogP contribution in [0.25, 0.3) is 0 Å². The van der Waals surface area contributed by atoms with Crippen LogP contribution in [0.15, 0.2) is 36.4 Å². The van der Waals surface area contributed by atoms with Crippen molar-refractivity contribution in [2.75, 3.05) is 29.9 Å². The fourth-order valence-corrected chi connectivity index (χ4v) is 5.80. The lowest BCUT2D eigenvalue weighted by Crippen LogP contribution is -2.43. The van der Waals surface area contributed by atoms with E-state index in [0.29, 0.717) is 28.0 Å². The Balaban J connectivity index is 1.43. The molecule has 2 heterocycles. The molecule has 0 spiro atoms. The van der Waals surface area contributed by atoms with Gasteiger partial charge in [-0.2, -0.15) is 4.98 Å². The molecule has 1 aromatic heterocycles. The van der Waals surface area contributed by atoms with Gasteiger partial charge in [0.05, 0.1) is 0 Å². The molecule has 4 rings (SSSR count). The second kappa shape index (κ2) is 10.3. The minimum absolute atomic E-state index is 0.117. The van der Waals surface area contributed by atoms with E-state index in [9.17, 15) is 0 Å². The largest absolute Gasteiger partial charge is 0.361 e. The number of piperidine rings is 1. The highest BCUT2D eigenvalue weighted by Crippen LogP contribution is 2.39. The molecule has 2 fully saturated rings. The molecule has 2 aromatic rings. The van der Waals surface area contributed by atoms with Crippen molar-refractivity contribution in [1.82, 2.24) is 15.3 Å². The Kier molecular flexibility index (Phi) is 7.51. The zero-order chi connectivity index (χ0) is 22.6. The quantitative estimate of drug-likeness (QED) is 0.424. The van der Waals surface area contributed by atoms with Crippen LogP contribution >= 0.6 is 23.8 Å². The number of halogens is 1. The van der Waals surface area contributed by atoms with Gasteiger partial charge in [0.25, 0.3) is 0 Å². The van der Waals surface area contributed by atoms with Crippen LogP contribution in [0.1, 0.15) is 57.9 Å². The Labute approximate surface area is 202 Å². The van der Waals surface area contributed by atoms with Crippen molar-refractivity contribution in [2.45, 2.75) is 57.8 Å². The van der Waals surface area contributed by atoms with E-state index >= 15 is 0 Å². The predicted molar refractivity (Wildman–Crippen MR) is 138 cm³/mol. The number of anilines is 2. The van der Waals surface area contributed by atoms with E-state index in [1.165, 1.54) is 44.1 Å². The lowest BCUT2D eigenvalue weighted by atomic mass is 9.69. The van der Waals surface area contributed by atoms with Crippen LogP contribution < -0.4 is 15.5 Å². The minimum atomic E-state index is 0.117. The molecule has 1 aliphatic heterocycles. The Hall–Kier alpha value is -1.92. The van der Waals surface area contributed by atoms with E-state index < -0.39 is 0 Å². The second-order valence-electron chi connectivity index (χ2n) is 9.74. The number of rotatable bonds is 5. The number of aromatic nitrogens is 2. The maximum absolute atomic E-state index is 6.34. The summed E-state index contributed by atoms with van der Waals surface area (Å²) in [4.78, 5) is 11.4. The van der Waals surface area contributed by atoms with Crippen LogP contribution in [-0.4, -0.2) is 34.7 Å². The van der Waals surface area contributed by atoms with Crippen LogP contribution in [0.4, 0.5) is 11.8 Å². The van der Waals surface area contributed by atoms with Crippen molar-refractivity contribution in [3.05, 3.63) is 47.1 Å². The Morgan fingerprint density at radius 2 is 1.78 bits per heavy atom. The molecule has 1 aromatic carbocycles. The van der Waals surface area contributed by atoms with Gasteiger partial charge in [-0.1, -0.05) is 75.0 Å². The zero-order valence-corrected chi connectivity index (χ0v) is 20.7. The Morgan fingerprint density at radius 1 is 1.09 bits per heavy atom. The van der Waals surface area contributed by atoms with Gasteiger partial charge in [-0.05, 0) is 48.9 Å². The zero-order valence-electron chi connectivity index (χ0n) is 19.1. The van der Waals surface area contributed by atoms with E-state index in [0.717, 1.165) is 25.5 Å². The van der Waals surface area contributed by atoms with E-state index in [1.807, 2.05) is 6.07 Å². The fraction of sp³-hybridized carbons (Fsp3) is 0.560. The maximum atomic E-state index is 6.34. The van der Waals surface area contributed by atoms with Crippen LogP contribution in [0.3, 0.4) is 0 Å². The van der Waals surface area contributed by atoms with Crippen molar-refractivity contribution >= 4 is 40.7 Å². The SMILES string of the molecule is C[C@@H]1C[C@@H](C)CN(c2cc(Cl)nc(NC(=S)NCC3(c4ccccc4)CCCCC3)n2)C1. The third kappa shape index (κ3) is 5.70. The highest BCUT2D eigenvalue weighted by molar-refractivity contribution is 7.80. The number of hydrogen-bond donors (Lipinski definition) is 2. The van der Waals surface area contributed by atoms with E-state index in [4.69, 9.17) is 28.8 Å². The standard InChI is InChI=1S/C25H34ClN5S/c1-18-13-19(2)16-31(15-18)22-14-21(26)28-23(29-22)30-24(32)27-17-25(11-7-4-8-12-25)20-9-5-3-6-10-20/h3,5-6,9-10,14,18-19H,4,7-8,11-13,15-17H2,1-2H3,(H2,27,28,29,30,32)/t18-,19-/m1/s1. The van der Waals surface area contributed by atoms with Crippen molar-refractivity contribution < 1.29 is 0 Å². The highest BCUT2D eigenvalue weighted by atomic mass is 35.5. The second-order valence-corrected chi connectivity index (χ2v) is 10.5. The summed E-state index contributed by atoms with van der Waals surface area (Å²) in [6.45, 7) is 7.35. The third-order valence-corrected chi connectivity index (χ3v) is 7.32. The highest BCUT2D eigenvalue weighted by Gasteiger charge is 2.33. The molecule has 0 bridgehead atoms. The van der Waals surface area contributed by atoms with Crippen molar-refractivity contribution in [1.29, 1.82) is 0 Å². The van der Waals surface area contributed by atoms with Gasteiger partial charge < -0.3 is 15.5 Å². The average molecular weight is 472 g/mol. The Bertz CT molecular complexity index is 906. The molecule has 0 unspecified atom stereocenters. The van der Waals surface area contributed by atoms with Crippen LogP contribution in [0.2, 0.25) is 5.15 Å². The van der Waals surface area contributed by atoms with Gasteiger partial charge in [0, 0.05) is 31.1 Å². The van der Waals surface area contributed by atoms with Crippen LogP contribution in [0.5, 0.6) is 0 Å². The summed E-state index contributed by atoms with van der Waals surface area (Å²) in [5.41, 5.74) is 1.51. The molecule has 2 N–H and O–H groups in total. The summed E-state index contributed by atoms with van der Waals surface area (Å²) in [5.74, 6) is 2.59. The summed E-state index contributed by atoms with van der Waals surface area (Å²) in [6.07, 6.45) is 7.42. The first-order chi connectivity index (χ1) is 15.4. The summed E-state index contributed by atoms with van der Waals surface area (Å²) >= 11 is 12.0. The van der Waals surface area contributed by atoms with Gasteiger partial charge >= 0.3 is 0 Å². The predicted octanol–water partition coefficient (Wildman–Crippen LogP) is 5.80. The monoisotopic (exact) mass is 471 g/mol. The number of nitrogens with zero attached hydrogens (tertiary/aromatic N) is 3. The van der Waals surface area contributed by atoms with Gasteiger partial charge in [-0.25, -0.2) is 4.98 Å². The summed E-state index contributed by atoms with van der Waals surface area (Å²) in [7, 11) is 0. The molecule has 5 nitrogen and oxygen atoms in total. The number of benzene rings is 1. The average Bonchev–Trinajstić information content (AvgIpc) is 2.78. The first kappa shape index (κ1) is 23.2. The number of hydrogen-bond acceptors (Lipinski definition) is 4. The molecule has 1 aliphatic carbocycles. The molecule has 7 heteroatoms. The molecule has 172 valence electrons. The molecule has 2 aliphatic rings. The van der Waals surface area contributed by atoms with E-state index in [2.05, 4.69) is 64.7 Å². The summed E-state index contributed by atoms with van der Waals surface area (Å²) in [6, 6.07) is 12.7. The fourth-order valence-electron chi connectivity index (χ4n) is 5.46. The molecule has 1 saturated carbocycles. The van der Waals surface area contributed by atoms with Gasteiger partial charge in [-0.3, -0.25) is 0 Å². The molecular formula is C25H34ClN5S. The minimum Gasteiger partial charge on any atom is -0.361 e. The third-order valence-electron chi connectivity index (χ3n) is 6.88. The Morgan fingerprint density at radius 3 is 2.47 bits per heavy atom. The molecular weight excluding hydrogens is 438 g/mol. The molecule has 1 saturated heterocycles. The molecule has 0 amide bonds. The van der Waals surface area contributed by atoms with Gasteiger partial charge in [-0.15, -0.1) is 0 Å². The summed E-state index contributed by atoms with van der Waals surface area (Å²) < 4.78 is 0. The number of nitrogens with one attached hydrogen (secondary N) is 2. The van der Waals surface area contributed by atoms with Gasteiger partial charge in [0.15, 0.2) is 5.11 Å². The van der Waals surface area contributed by atoms with Crippen LogP contribution in [0, 0.1) is 11.8 Å². The first-order valence-electron chi connectivity index (χ1n) is 11.8. The van der Waals surface area contributed by atoms with Crippen molar-refractivity contribution in [3.63, 3.8) is 0 Å². The van der Waals surface area contributed by atoms with Crippen LogP contribution in [-0.2, 0) is 5.41 Å². The lowest BCUT2D eigenvalue weighted by Gasteiger charge is -2.38. The number of thiocarbonyl (C=S) groups is 1. The normalized spacial score (nSPS) is 22.9. The topological polar surface area (TPSA) is 53.1 Å².